The molecule has 0 spiro atoms. The molecule has 1 unspecified atom stereocenters. The number of amides is 1. The van der Waals surface area contributed by atoms with Gasteiger partial charge in [0.1, 0.15) is 5.82 Å². The van der Waals surface area contributed by atoms with Gasteiger partial charge in [-0.05, 0) is 18.6 Å². The molecule has 0 aliphatic carbocycles. The Morgan fingerprint density at radius 3 is 2.88 bits per heavy atom. The summed E-state index contributed by atoms with van der Waals surface area (Å²) in [6, 6.07) is 3.13. The smallest absolute Gasteiger partial charge is 0.254 e. The number of aromatic nitrogens is 1. The highest BCUT2D eigenvalue weighted by Gasteiger charge is 2.33. The van der Waals surface area contributed by atoms with Crippen molar-refractivity contribution in [1.82, 2.24) is 14.8 Å². The molecule has 2 aliphatic rings. The summed E-state index contributed by atoms with van der Waals surface area (Å²) in [6.45, 7) is 5.03. The van der Waals surface area contributed by atoms with Gasteiger partial charge in [0.15, 0.2) is 9.84 Å². The van der Waals surface area contributed by atoms with Crippen LogP contribution in [0.5, 0.6) is 0 Å². The predicted molar refractivity (Wildman–Crippen MR) is 99.1 cm³/mol. The maximum atomic E-state index is 12.7. The van der Waals surface area contributed by atoms with Gasteiger partial charge in [-0.15, -0.1) is 0 Å². The van der Waals surface area contributed by atoms with Crippen LogP contribution in [0.2, 0.25) is 0 Å². The zero-order valence-corrected chi connectivity index (χ0v) is 15.9. The molecule has 1 atom stereocenters. The number of hydrogen-bond acceptors (Lipinski definition) is 7. The number of ether oxygens (including phenoxy) is 1. The first-order chi connectivity index (χ1) is 12.4. The van der Waals surface area contributed by atoms with Gasteiger partial charge in [0, 0.05) is 51.0 Å². The van der Waals surface area contributed by atoms with Crippen LogP contribution in [0, 0.1) is 0 Å². The highest BCUT2D eigenvalue weighted by Crippen LogP contribution is 2.19. The lowest BCUT2D eigenvalue weighted by atomic mass is 10.2. The fourth-order valence-electron chi connectivity index (χ4n) is 3.28. The monoisotopic (exact) mass is 382 g/mol. The maximum Gasteiger partial charge on any atom is 0.254 e. The van der Waals surface area contributed by atoms with E-state index in [0.29, 0.717) is 17.8 Å². The Morgan fingerprint density at radius 2 is 2.19 bits per heavy atom. The van der Waals surface area contributed by atoms with Crippen LogP contribution in [-0.4, -0.2) is 93.1 Å². The van der Waals surface area contributed by atoms with Gasteiger partial charge in [0.25, 0.3) is 5.91 Å². The summed E-state index contributed by atoms with van der Waals surface area (Å²) in [6.07, 6.45) is 2.10. The number of nitrogens with one attached hydrogen (secondary N) is 1. The number of anilines is 1. The molecule has 0 radical (unpaired) electrons. The van der Waals surface area contributed by atoms with Crippen LogP contribution in [0.1, 0.15) is 16.8 Å². The zero-order chi connectivity index (χ0) is 18.6. The normalized spacial score (nSPS) is 22.9. The van der Waals surface area contributed by atoms with E-state index >= 15 is 0 Å². The molecule has 0 aromatic carbocycles. The molecule has 0 bridgehead atoms. The summed E-state index contributed by atoms with van der Waals surface area (Å²) >= 11 is 0. The first kappa shape index (κ1) is 19.1. The Morgan fingerprint density at radius 1 is 1.42 bits per heavy atom. The van der Waals surface area contributed by atoms with Gasteiger partial charge in [0.2, 0.25) is 0 Å². The third kappa shape index (κ3) is 4.93. The van der Waals surface area contributed by atoms with Crippen LogP contribution < -0.4 is 5.32 Å². The molecule has 2 fully saturated rings. The minimum Gasteiger partial charge on any atom is -0.379 e. The molecular formula is C17H26N4O4S. The van der Waals surface area contributed by atoms with E-state index in [-0.39, 0.29) is 23.5 Å². The Labute approximate surface area is 154 Å². The van der Waals surface area contributed by atoms with Crippen molar-refractivity contribution in [3.05, 3.63) is 23.9 Å². The van der Waals surface area contributed by atoms with Crippen molar-refractivity contribution in [3.8, 4) is 0 Å². The third-order valence-corrected chi connectivity index (χ3v) is 6.67. The standard InChI is InChI=1S/C17H26N4O4S/c1-20(15-3-11-26(23,24)13-15)17(22)14-2-4-18-16(12-14)19-5-6-21-7-9-25-10-8-21/h2,4,12,15H,3,5-11,13H2,1H3,(H,18,19). The highest BCUT2D eigenvalue weighted by atomic mass is 32.2. The molecule has 8 nitrogen and oxygen atoms in total. The van der Waals surface area contributed by atoms with E-state index in [1.807, 2.05) is 0 Å². The summed E-state index contributed by atoms with van der Waals surface area (Å²) in [5.74, 6) is 0.674. The molecule has 9 heteroatoms. The lowest BCUT2D eigenvalue weighted by molar-refractivity contribution is 0.0398. The van der Waals surface area contributed by atoms with Gasteiger partial charge in [-0.1, -0.05) is 0 Å². The summed E-state index contributed by atoms with van der Waals surface area (Å²) in [5, 5.41) is 3.25. The van der Waals surface area contributed by atoms with Crippen LogP contribution in [0.15, 0.2) is 18.3 Å². The maximum absolute atomic E-state index is 12.7. The largest absolute Gasteiger partial charge is 0.379 e. The fourth-order valence-corrected chi connectivity index (χ4v) is 5.05. The molecule has 3 heterocycles. The van der Waals surface area contributed by atoms with E-state index in [9.17, 15) is 13.2 Å². The van der Waals surface area contributed by atoms with Crippen molar-refractivity contribution in [3.63, 3.8) is 0 Å². The van der Waals surface area contributed by atoms with Crippen LogP contribution in [0.25, 0.3) is 0 Å². The van der Waals surface area contributed by atoms with Crippen LogP contribution in [0.4, 0.5) is 5.82 Å². The second kappa shape index (κ2) is 8.32. The van der Waals surface area contributed by atoms with Crippen LogP contribution in [-0.2, 0) is 14.6 Å². The van der Waals surface area contributed by atoms with Gasteiger partial charge >= 0.3 is 0 Å². The Hall–Kier alpha value is -1.71. The zero-order valence-electron chi connectivity index (χ0n) is 15.1. The average molecular weight is 382 g/mol. The number of carbonyl (C=O) groups excluding carboxylic acids is 1. The molecule has 2 aliphatic heterocycles. The number of rotatable bonds is 6. The van der Waals surface area contributed by atoms with Crippen molar-refractivity contribution >= 4 is 21.6 Å². The molecule has 1 aromatic rings. The van der Waals surface area contributed by atoms with Crippen molar-refractivity contribution in [2.45, 2.75) is 12.5 Å². The lowest BCUT2D eigenvalue weighted by Crippen LogP contribution is -2.39. The number of sulfone groups is 1. The fraction of sp³-hybridized carbons (Fsp3) is 0.647. The van der Waals surface area contributed by atoms with E-state index in [0.717, 1.165) is 39.4 Å². The van der Waals surface area contributed by atoms with Gasteiger partial charge in [-0.3, -0.25) is 9.69 Å². The molecule has 1 N–H and O–H groups in total. The Bertz CT molecular complexity index is 734. The van der Waals surface area contributed by atoms with Crippen molar-refractivity contribution < 1.29 is 17.9 Å². The quantitative estimate of drug-likeness (QED) is 0.745. The topological polar surface area (TPSA) is 91.8 Å². The second-order valence-electron chi connectivity index (χ2n) is 6.78. The number of nitrogens with zero attached hydrogens (tertiary/aromatic N) is 3. The van der Waals surface area contributed by atoms with Crippen LogP contribution in [0.3, 0.4) is 0 Å². The van der Waals surface area contributed by atoms with E-state index in [1.165, 1.54) is 4.90 Å². The predicted octanol–water partition coefficient (Wildman–Crippen LogP) is 0.0848. The van der Waals surface area contributed by atoms with Crippen LogP contribution >= 0.6 is 0 Å². The highest BCUT2D eigenvalue weighted by molar-refractivity contribution is 7.91. The third-order valence-electron chi connectivity index (χ3n) is 4.92. The van der Waals surface area contributed by atoms with Gasteiger partial charge < -0.3 is 15.0 Å². The molecule has 144 valence electrons. The van der Waals surface area contributed by atoms with Crippen molar-refractivity contribution in [1.29, 1.82) is 0 Å². The van der Waals surface area contributed by atoms with Gasteiger partial charge in [-0.2, -0.15) is 0 Å². The molecule has 3 rings (SSSR count). The van der Waals surface area contributed by atoms with Crippen molar-refractivity contribution in [2.75, 3.05) is 63.3 Å². The Kier molecular flexibility index (Phi) is 6.10. The molecular weight excluding hydrogens is 356 g/mol. The minimum absolute atomic E-state index is 0.0466. The van der Waals surface area contributed by atoms with Gasteiger partial charge in [0.05, 0.1) is 24.7 Å². The number of hydrogen-bond donors (Lipinski definition) is 1. The second-order valence-corrected chi connectivity index (χ2v) is 9.01. The van der Waals surface area contributed by atoms with Crippen molar-refractivity contribution in [2.24, 2.45) is 0 Å². The van der Waals surface area contributed by atoms with E-state index in [1.54, 1.807) is 25.4 Å². The molecule has 2 saturated heterocycles. The average Bonchev–Trinajstić information content (AvgIpc) is 3.01. The number of carbonyl (C=O) groups is 1. The molecule has 0 saturated carbocycles. The molecule has 26 heavy (non-hydrogen) atoms. The molecule has 1 amide bonds. The summed E-state index contributed by atoms with van der Waals surface area (Å²) in [5.41, 5.74) is 0.515. The first-order valence-corrected chi connectivity index (χ1v) is 10.7. The number of morpholine rings is 1. The van der Waals surface area contributed by atoms with Gasteiger partial charge in [-0.25, -0.2) is 13.4 Å². The minimum atomic E-state index is -3.02. The van der Waals surface area contributed by atoms with E-state index in [4.69, 9.17) is 4.74 Å². The summed E-state index contributed by atoms with van der Waals surface area (Å²) < 4.78 is 28.6. The SMILES string of the molecule is CN(C(=O)c1ccnc(NCCN2CCOCC2)c1)C1CCS(=O)(=O)C1. The van der Waals surface area contributed by atoms with E-state index < -0.39 is 9.84 Å². The Balaban J connectivity index is 1.55. The lowest BCUT2D eigenvalue weighted by Gasteiger charge is -2.26. The van der Waals surface area contributed by atoms with E-state index in [2.05, 4.69) is 15.2 Å². The first-order valence-electron chi connectivity index (χ1n) is 8.92. The summed E-state index contributed by atoms with van der Waals surface area (Å²) in [4.78, 5) is 20.8. The number of pyridine rings is 1. The summed E-state index contributed by atoms with van der Waals surface area (Å²) in [7, 11) is -1.35. The molecule has 1 aromatic heterocycles.